The van der Waals surface area contributed by atoms with Crippen LogP contribution in [-0.4, -0.2) is 16.6 Å². The van der Waals surface area contributed by atoms with E-state index in [0.29, 0.717) is 30.0 Å². The Morgan fingerprint density at radius 1 is 1.15 bits per heavy atom. The summed E-state index contributed by atoms with van der Waals surface area (Å²) in [5.41, 5.74) is 1.53. The van der Waals surface area contributed by atoms with Gasteiger partial charge in [0.05, 0.1) is 23.2 Å². The normalized spacial score (nSPS) is 23.7. The molecule has 1 unspecified atom stereocenters. The van der Waals surface area contributed by atoms with E-state index in [0.717, 1.165) is 12.8 Å². The molecule has 2 aromatic carbocycles. The zero-order valence-corrected chi connectivity index (χ0v) is 15.0. The van der Waals surface area contributed by atoms with Crippen molar-refractivity contribution in [1.29, 1.82) is 5.26 Å². The molecular weight excluding hydrogens is 324 g/mol. The first-order chi connectivity index (χ1) is 12.5. The van der Waals surface area contributed by atoms with Crippen LogP contribution in [0, 0.1) is 17.2 Å². The standard InChI is InChI=1S/C22H24N2O2/c1-16(21(25)24-20-9-7-17(15-23)8-10-20)22(26)13-11-19(12-14-22)18-5-3-2-4-6-18/h2-10,16,19,26H,11-14H2,1H3,(H,24,25)/t16?,19-,22-. The molecule has 4 nitrogen and oxygen atoms in total. The first kappa shape index (κ1) is 18.2. The molecule has 2 aromatic rings. The second-order valence-electron chi connectivity index (χ2n) is 7.19. The summed E-state index contributed by atoms with van der Waals surface area (Å²) in [6.45, 7) is 1.79. The van der Waals surface area contributed by atoms with Gasteiger partial charge in [-0.1, -0.05) is 37.3 Å². The number of rotatable bonds is 4. The zero-order chi connectivity index (χ0) is 18.6. The van der Waals surface area contributed by atoms with Gasteiger partial charge in [-0.05, 0) is 61.4 Å². The molecule has 1 atom stereocenters. The van der Waals surface area contributed by atoms with Crippen LogP contribution in [0.25, 0.3) is 0 Å². The van der Waals surface area contributed by atoms with Crippen molar-refractivity contribution >= 4 is 11.6 Å². The van der Waals surface area contributed by atoms with Gasteiger partial charge >= 0.3 is 0 Å². The highest BCUT2D eigenvalue weighted by Crippen LogP contribution is 2.41. The number of nitrogens with one attached hydrogen (secondary N) is 1. The highest BCUT2D eigenvalue weighted by atomic mass is 16.3. The van der Waals surface area contributed by atoms with E-state index in [2.05, 4.69) is 23.5 Å². The minimum Gasteiger partial charge on any atom is -0.389 e. The lowest BCUT2D eigenvalue weighted by atomic mass is 9.71. The Morgan fingerprint density at radius 2 is 1.77 bits per heavy atom. The average molecular weight is 348 g/mol. The monoisotopic (exact) mass is 348 g/mol. The predicted molar refractivity (Wildman–Crippen MR) is 102 cm³/mol. The molecule has 1 aliphatic carbocycles. The van der Waals surface area contributed by atoms with Gasteiger partial charge in [0.2, 0.25) is 5.91 Å². The summed E-state index contributed by atoms with van der Waals surface area (Å²) < 4.78 is 0. The number of carbonyl (C=O) groups excluding carboxylic acids is 1. The molecule has 1 aliphatic rings. The molecule has 0 spiro atoms. The van der Waals surface area contributed by atoms with E-state index < -0.39 is 11.5 Å². The number of hydrogen-bond donors (Lipinski definition) is 2. The van der Waals surface area contributed by atoms with Crippen LogP contribution in [0.5, 0.6) is 0 Å². The SMILES string of the molecule is CC(C(=O)Nc1ccc(C#N)cc1)[C@]1(O)CC[C@H](c2ccccc2)CC1. The Bertz CT molecular complexity index is 785. The van der Waals surface area contributed by atoms with Crippen LogP contribution in [0.15, 0.2) is 54.6 Å². The Labute approximate surface area is 154 Å². The number of anilines is 1. The fraction of sp³-hybridized carbons (Fsp3) is 0.364. The summed E-state index contributed by atoms with van der Waals surface area (Å²) in [7, 11) is 0. The second-order valence-corrected chi connectivity index (χ2v) is 7.19. The lowest BCUT2D eigenvalue weighted by Crippen LogP contribution is -2.45. The first-order valence-corrected chi connectivity index (χ1v) is 9.10. The number of aliphatic hydroxyl groups is 1. The fourth-order valence-electron chi connectivity index (χ4n) is 3.73. The van der Waals surface area contributed by atoms with E-state index >= 15 is 0 Å². The number of carbonyl (C=O) groups is 1. The van der Waals surface area contributed by atoms with Crippen molar-refractivity contribution in [2.45, 2.75) is 44.1 Å². The maximum absolute atomic E-state index is 12.6. The van der Waals surface area contributed by atoms with Gasteiger partial charge < -0.3 is 10.4 Å². The lowest BCUT2D eigenvalue weighted by Gasteiger charge is -2.39. The van der Waals surface area contributed by atoms with E-state index in [4.69, 9.17) is 5.26 Å². The van der Waals surface area contributed by atoms with Gasteiger partial charge in [0.1, 0.15) is 0 Å². The van der Waals surface area contributed by atoms with Crippen molar-refractivity contribution in [2.75, 3.05) is 5.32 Å². The van der Waals surface area contributed by atoms with Crippen molar-refractivity contribution in [2.24, 2.45) is 5.92 Å². The van der Waals surface area contributed by atoms with E-state index in [1.54, 1.807) is 31.2 Å². The molecule has 1 amide bonds. The van der Waals surface area contributed by atoms with Crippen molar-refractivity contribution in [3.05, 3.63) is 65.7 Å². The van der Waals surface area contributed by atoms with Crippen LogP contribution in [0.2, 0.25) is 0 Å². The Kier molecular flexibility index (Phi) is 5.39. The van der Waals surface area contributed by atoms with Gasteiger partial charge in [0.25, 0.3) is 0 Å². The molecule has 4 heteroatoms. The highest BCUT2D eigenvalue weighted by Gasteiger charge is 2.41. The van der Waals surface area contributed by atoms with E-state index in [1.807, 2.05) is 18.2 Å². The van der Waals surface area contributed by atoms with Crippen LogP contribution in [0.3, 0.4) is 0 Å². The third-order valence-corrected chi connectivity index (χ3v) is 5.60. The molecule has 0 radical (unpaired) electrons. The molecule has 134 valence electrons. The van der Waals surface area contributed by atoms with Crippen LogP contribution in [0.1, 0.15) is 49.7 Å². The average Bonchev–Trinajstić information content (AvgIpc) is 2.69. The second kappa shape index (κ2) is 7.72. The van der Waals surface area contributed by atoms with E-state index in [9.17, 15) is 9.90 Å². The molecule has 3 rings (SSSR count). The number of benzene rings is 2. The van der Waals surface area contributed by atoms with Crippen LogP contribution >= 0.6 is 0 Å². The number of amides is 1. The van der Waals surface area contributed by atoms with E-state index in [-0.39, 0.29) is 5.91 Å². The van der Waals surface area contributed by atoms with Crippen LogP contribution in [0.4, 0.5) is 5.69 Å². The Balaban J connectivity index is 1.60. The van der Waals surface area contributed by atoms with Gasteiger partial charge in [-0.25, -0.2) is 0 Å². The summed E-state index contributed by atoms with van der Waals surface area (Å²) in [6.07, 6.45) is 3.01. The molecule has 0 heterocycles. The molecular formula is C22H24N2O2. The molecule has 2 N–H and O–H groups in total. The predicted octanol–water partition coefficient (Wildman–Crippen LogP) is 4.22. The van der Waals surface area contributed by atoms with Crippen molar-refractivity contribution in [1.82, 2.24) is 0 Å². The summed E-state index contributed by atoms with van der Waals surface area (Å²) in [6, 6.07) is 19.2. The Hall–Kier alpha value is -2.64. The smallest absolute Gasteiger partial charge is 0.230 e. The molecule has 1 saturated carbocycles. The van der Waals surface area contributed by atoms with Gasteiger partial charge in [-0.15, -0.1) is 0 Å². The molecule has 1 fully saturated rings. The lowest BCUT2D eigenvalue weighted by molar-refractivity contribution is -0.131. The van der Waals surface area contributed by atoms with Gasteiger partial charge in [0.15, 0.2) is 0 Å². The van der Waals surface area contributed by atoms with E-state index in [1.165, 1.54) is 5.56 Å². The third kappa shape index (κ3) is 3.95. The third-order valence-electron chi connectivity index (χ3n) is 5.60. The van der Waals surface area contributed by atoms with Gasteiger partial charge in [0, 0.05) is 5.69 Å². The summed E-state index contributed by atoms with van der Waals surface area (Å²) in [4.78, 5) is 12.6. The van der Waals surface area contributed by atoms with Crippen molar-refractivity contribution in [3.63, 3.8) is 0 Å². The highest BCUT2D eigenvalue weighted by molar-refractivity contribution is 5.93. The number of nitriles is 1. The topological polar surface area (TPSA) is 73.1 Å². The quantitative estimate of drug-likeness (QED) is 0.869. The molecule has 26 heavy (non-hydrogen) atoms. The largest absolute Gasteiger partial charge is 0.389 e. The molecule has 0 saturated heterocycles. The zero-order valence-electron chi connectivity index (χ0n) is 15.0. The Morgan fingerprint density at radius 3 is 2.35 bits per heavy atom. The van der Waals surface area contributed by atoms with Gasteiger partial charge in [-0.2, -0.15) is 5.26 Å². The number of nitrogens with zero attached hydrogens (tertiary/aromatic N) is 1. The van der Waals surface area contributed by atoms with Crippen LogP contribution < -0.4 is 5.32 Å². The van der Waals surface area contributed by atoms with Crippen molar-refractivity contribution < 1.29 is 9.90 Å². The summed E-state index contributed by atoms with van der Waals surface area (Å²) in [5, 5.41) is 22.7. The van der Waals surface area contributed by atoms with Gasteiger partial charge in [-0.3, -0.25) is 4.79 Å². The maximum Gasteiger partial charge on any atom is 0.230 e. The summed E-state index contributed by atoms with van der Waals surface area (Å²) in [5.74, 6) is -0.226. The molecule has 0 aliphatic heterocycles. The fourth-order valence-corrected chi connectivity index (χ4v) is 3.73. The minimum absolute atomic E-state index is 0.185. The molecule has 0 bridgehead atoms. The van der Waals surface area contributed by atoms with Crippen LogP contribution in [-0.2, 0) is 4.79 Å². The number of hydrogen-bond acceptors (Lipinski definition) is 3. The minimum atomic E-state index is -0.970. The van der Waals surface area contributed by atoms with Crippen molar-refractivity contribution in [3.8, 4) is 6.07 Å². The summed E-state index contributed by atoms with van der Waals surface area (Å²) >= 11 is 0. The first-order valence-electron chi connectivity index (χ1n) is 9.10. The maximum atomic E-state index is 12.6. The molecule has 0 aromatic heterocycles.